The van der Waals surface area contributed by atoms with Crippen LogP contribution in [0.3, 0.4) is 0 Å². The van der Waals surface area contributed by atoms with Gasteiger partial charge in [0.05, 0.1) is 5.69 Å². The first kappa shape index (κ1) is 26.5. The van der Waals surface area contributed by atoms with E-state index in [1.807, 2.05) is 43.9 Å². The topological polar surface area (TPSA) is 64.2 Å². The van der Waals surface area contributed by atoms with Crippen molar-refractivity contribution in [3.8, 4) is 11.4 Å². The van der Waals surface area contributed by atoms with Gasteiger partial charge in [0.15, 0.2) is 5.69 Å². The van der Waals surface area contributed by atoms with Crippen LogP contribution in [0.25, 0.3) is 11.4 Å². The lowest BCUT2D eigenvalue weighted by atomic mass is 10.1. The quantitative estimate of drug-likeness (QED) is 0.355. The lowest BCUT2D eigenvalue weighted by Crippen LogP contribution is -2.29. The molecule has 5 nitrogen and oxygen atoms in total. The van der Waals surface area contributed by atoms with Crippen molar-refractivity contribution in [2.75, 3.05) is 6.54 Å². The first-order valence-corrected chi connectivity index (χ1v) is 11.9. The van der Waals surface area contributed by atoms with Gasteiger partial charge >= 0.3 is 6.18 Å². The highest BCUT2D eigenvalue weighted by Gasteiger charge is 2.39. The van der Waals surface area contributed by atoms with Crippen molar-refractivity contribution in [1.29, 1.82) is 0 Å². The van der Waals surface area contributed by atoms with Gasteiger partial charge < -0.3 is 10.3 Å². The number of imidazole rings is 1. The molecule has 0 atom stereocenters. The van der Waals surface area contributed by atoms with Crippen molar-refractivity contribution in [1.82, 2.24) is 14.5 Å². The predicted octanol–water partition coefficient (Wildman–Crippen LogP) is 6.13. The Labute approximate surface area is 204 Å². The van der Waals surface area contributed by atoms with Crippen LogP contribution in [0.1, 0.15) is 60.9 Å². The van der Waals surface area contributed by atoms with Crippen molar-refractivity contribution in [3.63, 3.8) is 0 Å². The Bertz CT molecular complexity index is 1110. The van der Waals surface area contributed by atoms with E-state index in [1.165, 1.54) is 0 Å². The minimum Gasteiger partial charge on any atom is -0.366 e. The van der Waals surface area contributed by atoms with Crippen LogP contribution in [-0.4, -0.2) is 26.9 Å². The molecule has 1 aromatic heterocycles. The highest BCUT2D eigenvalue weighted by molar-refractivity contribution is 5.92. The van der Waals surface area contributed by atoms with Gasteiger partial charge in [0.1, 0.15) is 5.82 Å². The molecule has 0 unspecified atom stereocenters. The standard InChI is InChI=1S/C27H33F3N4O/c1-4-5-15-34-23(24(27(28,29)30)32-26(34)22-9-7-6-8-10-22)18-33(16-19(2)3)17-20-11-13-21(14-12-20)25(31)35/h6-14,19H,4-5,15-18H2,1-3H3,(H2,31,35). The molecule has 2 N–H and O–H groups in total. The van der Waals surface area contributed by atoms with Gasteiger partial charge in [0.2, 0.25) is 5.91 Å². The third kappa shape index (κ3) is 6.94. The summed E-state index contributed by atoms with van der Waals surface area (Å²) in [4.78, 5) is 17.5. The molecule has 3 rings (SSSR count). The van der Waals surface area contributed by atoms with Crippen molar-refractivity contribution in [2.45, 2.75) is 59.4 Å². The van der Waals surface area contributed by atoms with Crippen molar-refractivity contribution in [3.05, 3.63) is 77.1 Å². The summed E-state index contributed by atoms with van der Waals surface area (Å²) in [5, 5.41) is 0. The number of benzene rings is 2. The third-order valence-corrected chi connectivity index (χ3v) is 5.75. The highest BCUT2D eigenvalue weighted by atomic mass is 19.4. The first-order chi connectivity index (χ1) is 16.6. The molecule has 3 aromatic rings. The monoisotopic (exact) mass is 486 g/mol. The van der Waals surface area contributed by atoms with Crippen LogP contribution in [0.15, 0.2) is 54.6 Å². The second kappa shape index (κ2) is 11.5. The summed E-state index contributed by atoms with van der Waals surface area (Å²) in [6, 6.07) is 15.9. The number of amides is 1. The Morgan fingerprint density at radius 1 is 1.06 bits per heavy atom. The summed E-state index contributed by atoms with van der Waals surface area (Å²) in [5.41, 5.74) is 6.64. The lowest BCUT2D eigenvalue weighted by Gasteiger charge is -2.26. The molecule has 8 heteroatoms. The molecular weight excluding hydrogens is 453 g/mol. The van der Waals surface area contributed by atoms with Crippen molar-refractivity contribution < 1.29 is 18.0 Å². The molecule has 0 bridgehead atoms. The van der Waals surface area contributed by atoms with E-state index in [1.54, 1.807) is 41.0 Å². The van der Waals surface area contributed by atoms with Crippen LogP contribution in [-0.2, 0) is 25.8 Å². The van der Waals surface area contributed by atoms with E-state index in [2.05, 4.69) is 4.98 Å². The number of halogens is 3. The minimum absolute atomic E-state index is 0.105. The van der Waals surface area contributed by atoms with Crippen LogP contribution in [0.5, 0.6) is 0 Å². The molecule has 188 valence electrons. The van der Waals surface area contributed by atoms with Crippen LogP contribution in [0, 0.1) is 5.92 Å². The maximum absolute atomic E-state index is 14.2. The van der Waals surface area contributed by atoms with Gasteiger partial charge in [-0.25, -0.2) is 4.98 Å². The molecule has 1 amide bonds. The number of nitrogens with two attached hydrogens (primary N) is 1. The smallest absolute Gasteiger partial charge is 0.366 e. The Morgan fingerprint density at radius 3 is 2.26 bits per heavy atom. The van der Waals surface area contributed by atoms with Crippen molar-refractivity contribution in [2.24, 2.45) is 11.7 Å². The predicted molar refractivity (Wildman–Crippen MR) is 131 cm³/mol. The maximum Gasteiger partial charge on any atom is 0.435 e. The molecule has 0 radical (unpaired) electrons. The van der Waals surface area contributed by atoms with E-state index < -0.39 is 17.8 Å². The number of hydrogen-bond donors (Lipinski definition) is 1. The molecule has 0 aliphatic carbocycles. The van der Waals surface area contributed by atoms with Crippen LogP contribution >= 0.6 is 0 Å². The molecule has 1 heterocycles. The van der Waals surface area contributed by atoms with Gasteiger partial charge in [-0.2, -0.15) is 13.2 Å². The molecule has 0 aliphatic heterocycles. The van der Waals surface area contributed by atoms with Crippen LogP contribution in [0.4, 0.5) is 13.2 Å². The second-order valence-electron chi connectivity index (χ2n) is 9.22. The number of nitrogens with zero attached hydrogens (tertiary/aromatic N) is 3. The summed E-state index contributed by atoms with van der Waals surface area (Å²) < 4.78 is 44.3. The summed E-state index contributed by atoms with van der Waals surface area (Å²) >= 11 is 0. The largest absolute Gasteiger partial charge is 0.435 e. The SMILES string of the molecule is CCCCn1c(-c2ccccc2)nc(C(F)(F)F)c1CN(Cc1ccc(C(N)=O)cc1)CC(C)C. The molecule has 0 saturated heterocycles. The van der Waals surface area contributed by atoms with E-state index in [4.69, 9.17) is 5.73 Å². The van der Waals surface area contributed by atoms with Gasteiger partial charge in [-0.05, 0) is 30.0 Å². The second-order valence-corrected chi connectivity index (χ2v) is 9.22. The first-order valence-electron chi connectivity index (χ1n) is 11.9. The summed E-state index contributed by atoms with van der Waals surface area (Å²) in [6.07, 6.45) is -2.96. The van der Waals surface area contributed by atoms with Crippen LogP contribution < -0.4 is 5.73 Å². The van der Waals surface area contributed by atoms with E-state index in [0.717, 1.165) is 18.4 Å². The van der Waals surface area contributed by atoms with E-state index >= 15 is 0 Å². The average Bonchev–Trinajstić information content (AvgIpc) is 3.16. The minimum atomic E-state index is -4.57. The highest BCUT2D eigenvalue weighted by Crippen LogP contribution is 2.36. The maximum atomic E-state index is 14.2. The Morgan fingerprint density at radius 2 is 1.71 bits per heavy atom. The fourth-order valence-corrected chi connectivity index (χ4v) is 4.18. The third-order valence-electron chi connectivity index (χ3n) is 5.75. The van der Waals surface area contributed by atoms with Gasteiger partial charge in [0.25, 0.3) is 0 Å². The summed E-state index contributed by atoms with van der Waals surface area (Å²) in [6.45, 7) is 7.71. The number of alkyl halides is 3. The molecule has 0 saturated carbocycles. The zero-order valence-corrected chi connectivity index (χ0v) is 20.5. The van der Waals surface area contributed by atoms with E-state index in [9.17, 15) is 18.0 Å². The molecule has 0 fully saturated rings. The molecular formula is C27H33F3N4O. The summed E-state index contributed by atoms with van der Waals surface area (Å²) in [5.74, 6) is 0.0743. The van der Waals surface area contributed by atoms with Crippen molar-refractivity contribution >= 4 is 5.91 Å². The molecule has 0 spiro atoms. The van der Waals surface area contributed by atoms with Gasteiger partial charge in [0, 0.05) is 37.3 Å². The fraction of sp³-hybridized carbons (Fsp3) is 0.407. The van der Waals surface area contributed by atoms with Crippen LogP contribution in [0.2, 0.25) is 0 Å². The summed E-state index contributed by atoms with van der Waals surface area (Å²) in [7, 11) is 0. The number of carbonyl (C=O) groups is 1. The van der Waals surface area contributed by atoms with E-state index in [-0.39, 0.29) is 18.2 Å². The zero-order valence-electron chi connectivity index (χ0n) is 20.5. The molecule has 2 aromatic carbocycles. The Kier molecular flexibility index (Phi) is 8.72. The number of rotatable bonds is 11. The average molecular weight is 487 g/mol. The number of hydrogen-bond acceptors (Lipinski definition) is 3. The van der Waals surface area contributed by atoms with Gasteiger partial charge in [-0.15, -0.1) is 0 Å². The number of unbranched alkanes of at least 4 members (excludes halogenated alkanes) is 1. The molecule has 0 aliphatic rings. The number of carbonyl (C=O) groups excluding carboxylic acids is 1. The fourth-order valence-electron chi connectivity index (χ4n) is 4.18. The molecule has 35 heavy (non-hydrogen) atoms. The number of primary amides is 1. The number of aromatic nitrogens is 2. The normalized spacial score (nSPS) is 12.0. The zero-order chi connectivity index (χ0) is 25.6. The van der Waals surface area contributed by atoms with Gasteiger partial charge in [-0.1, -0.05) is 69.7 Å². The van der Waals surface area contributed by atoms with Gasteiger partial charge in [-0.3, -0.25) is 9.69 Å². The Balaban J connectivity index is 2.04. The van der Waals surface area contributed by atoms with E-state index in [0.29, 0.717) is 36.6 Å². The Hall–Kier alpha value is -3.13. The lowest BCUT2D eigenvalue weighted by molar-refractivity contribution is -0.141.